The van der Waals surface area contributed by atoms with Crippen molar-refractivity contribution in [1.82, 2.24) is 9.97 Å². The minimum absolute atomic E-state index is 0. The molecule has 0 N–H and O–H groups in total. The Morgan fingerprint density at radius 3 is 2.10 bits per heavy atom. The van der Waals surface area contributed by atoms with Crippen LogP contribution in [0.4, 0.5) is 0 Å². The van der Waals surface area contributed by atoms with Crippen molar-refractivity contribution < 1.29 is 42.1 Å². The van der Waals surface area contributed by atoms with Gasteiger partial charge in [0.15, 0.2) is 0 Å². The van der Waals surface area contributed by atoms with Gasteiger partial charge in [-0.15, -0.1) is 40.9 Å². The number of pyridine rings is 2. The molecule has 0 saturated carbocycles. The second-order valence-electron chi connectivity index (χ2n) is 4.31. The smallest absolute Gasteiger partial charge is 0.0803 e. The van der Waals surface area contributed by atoms with E-state index in [2.05, 4.69) is 23.8 Å². The number of hydrogen-bond donors (Lipinski definition) is 0. The topological polar surface area (TPSA) is 25.8 Å². The summed E-state index contributed by atoms with van der Waals surface area (Å²) >= 11 is 12.8. The van der Waals surface area contributed by atoms with E-state index in [1.807, 2.05) is 18.2 Å². The fraction of sp³-hybridized carbons (Fsp3) is 0.200. The summed E-state index contributed by atoms with van der Waals surface area (Å²) in [6.07, 6.45) is 4.65. The van der Waals surface area contributed by atoms with Crippen LogP contribution in [0, 0.1) is 13.8 Å². The van der Waals surface area contributed by atoms with E-state index >= 15 is 0 Å². The summed E-state index contributed by atoms with van der Waals surface area (Å²) in [5.41, 5.74) is 3.15. The maximum atomic E-state index is 6.41. The zero-order valence-electron chi connectivity index (χ0n) is 11.1. The average Bonchev–Trinajstić information content (AvgIpc) is 2.38. The van der Waals surface area contributed by atoms with Crippen LogP contribution >= 0.6 is 23.2 Å². The Hall–Kier alpha value is -0.00338. The van der Waals surface area contributed by atoms with Crippen LogP contribution in [0.5, 0.6) is 0 Å². The molecule has 6 heteroatoms. The van der Waals surface area contributed by atoms with E-state index < -0.39 is 4.33 Å². The molecule has 0 spiro atoms. The molecule has 0 aliphatic heterocycles. The monoisotopic (exact) mass is 682 g/mol. The first-order valence-electron chi connectivity index (χ1n) is 5.92. The van der Waals surface area contributed by atoms with Gasteiger partial charge in [-0.2, -0.15) is 5.56 Å². The largest absolute Gasteiger partial charge is 0.295 e. The van der Waals surface area contributed by atoms with Crippen LogP contribution in [0.2, 0.25) is 0 Å². The van der Waals surface area contributed by atoms with Gasteiger partial charge in [0.2, 0.25) is 0 Å². The van der Waals surface area contributed by atoms with Gasteiger partial charge < -0.3 is 0 Å². The summed E-state index contributed by atoms with van der Waals surface area (Å²) in [5, 5.41) is 0. The molecule has 0 aliphatic rings. The molecule has 0 unspecified atom stereocenters. The molecule has 0 radical (unpaired) electrons. The molecule has 0 saturated heterocycles. The van der Waals surface area contributed by atoms with Gasteiger partial charge >= 0.3 is 0 Å². The molecule has 2 rings (SSSR count). The Bertz CT molecular complexity index is 577. The van der Waals surface area contributed by atoms with Crippen molar-refractivity contribution in [2.75, 3.05) is 0 Å². The molecule has 2 nitrogen and oxygen atoms in total. The van der Waals surface area contributed by atoms with Crippen LogP contribution in [-0.4, -0.2) is 9.97 Å². The van der Waals surface area contributed by atoms with Crippen LogP contribution < -0.4 is 0 Å². The summed E-state index contributed by atoms with van der Waals surface area (Å²) in [6, 6.07) is 7.52. The van der Waals surface area contributed by atoms with Gasteiger partial charge in [0, 0.05) is 54.5 Å². The number of alkyl halides is 2. The fourth-order valence-electron chi connectivity index (χ4n) is 1.90. The molecule has 0 fully saturated rings. The first kappa shape index (κ1) is 21.0. The Morgan fingerprint density at radius 1 is 0.952 bits per heavy atom. The Labute approximate surface area is 164 Å². The van der Waals surface area contributed by atoms with E-state index in [4.69, 9.17) is 23.2 Å². The van der Waals surface area contributed by atoms with Gasteiger partial charge in [-0.1, -0.05) is 29.9 Å². The third-order valence-corrected chi connectivity index (χ3v) is 3.76. The SMILES string of the molecule is [CH2-]c1ncccc1CCC(Cl)(Cl)c1cccnc1[CH2-].[Pt].[Pt]. The van der Waals surface area contributed by atoms with Gasteiger partial charge in [-0.25, -0.2) is 13.8 Å². The van der Waals surface area contributed by atoms with Crippen LogP contribution in [0.1, 0.15) is 28.9 Å². The molecule has 2 aromatic rings. The number of hydrogen-bond acceptors (Lipinski definition) is 2. The number of nitrogens with zero attached hydrogens (tertiary/aromatic N) is 2. The van der Waals surface area contributed by atoms with Crippen molar-refractivity contribution in [1.29, 1.82) is 0 Å². The van der Waals surface area contributed by atoms with Gasteiger partial charge in [0.25, 0.3) is 0 Å². The average molecular weight is 683 g/mol. The summed E-state index contributed by atoms with van der Waals surface area (Å²) < 4.78 is -1.01. The molecule has 0 bridgehead atoms. The summed E-state index contributed by atoms with van der Waals surface area (Å²) in [5.74, 6) is 0. The van der Waals surface area contributed by atoms with E-state index in [0.717, 1.165) is 16.8 Å². The quantitative estimate of drug-likeness (QED) is 0.359. The third-order valence-electron chi connectivity index (χ3n) is 2.98. The fourth-order valence-corrected chi connectivity index (χ4v) is 2.43. The second-order valence-corrected chi connectivity index (χ2v) is 5.80. The minimum atomic E-state index is -1.01. The molecule has 0 atom stereocenters. The molecular weight excluding hydrogens is 669 g/mol. The van der Waals surface area contributed by atoms with E-state index in [1.54, 1.807) is 18.5 Å². The van der Waals surface area contributed by atoms with E-state index in [9.17, 15) is 0 Å². The Morgan fingerprint density at radius 2 is 1.52 bits per heavy atom. The molecule has 120 valence electrons. The number of aromatic nitrogens is 2. The molecule has 2 heterocycles. The third kappa shape index (κ3) is 5.60. The molecular formula is C15H14Cl2N2Pt2-2. The van der Waals surface area contributed by atoms with Crippen LogP contribution in [0.15, 0.2) is 36.7 Å². The Balaban J connectivity index is 0.00000200. The van der Waals surface area contributed by atoms with Gasteiger partial charge in [0.1, 0.15) is 0 Å². The van der Waals surface area contributed by atoms with Crippen LogP contribution in [0.3, 0.4) is 0 Å². The van der Waals surface area contributed by atoms with E-state index in [0.29, 0.717) is 18.5 Å². The number of rotatable bonds is 4. The normalized spacial score (nSPS) is 10.4. The standard InChI is InChI=1S/C15H14Cl2N2.2Pt/c1-11-13(5-3-9-18-11)7-8-15(16,17)14-6-4-10-19-12(14)2;;/h3-6,9-10H,1-2,7-8H2;;/q-2;;. The summed E-state index contributed by atoms with van der Waals surface area (Å²) in [7, 11) is 0. The van der Waals surface area contributed by atoms with Crippen molar-refractivity contribution in [2.24, 2.45) is 0 Å². The first-order valence-corrected chi connectivity index (χ1v) is 6.67. The van der Waals surface area contributed by atoms with Gasteiger partial charge in [-0.05, 0) is 6.42 Å². The first-order chi connectivity index (χ1) is 9.00. The second kappa shape index (κ2) is 9.21. The Kier molecular flexibility index (Phi) is 9.21. The number of halogens is 2. The van der Waals surface area contributed by atoms with Gasteiger partial charge in [-0.3, -0.25) is 9.97 Å². The predicted octanol–water partition coefficient (Wildman–Crippen LogP) is 4.10. The number of aryl methyl sites for hydroxylation is 1. The zero-order valence-corrected chi connectivity index (χ0v) is 17.1. The zero-order chi connectivity index (χ0) is 13.9. The van der Waals surface area contributed by atoms with Crippen molar-refractivity contribution >= 4 is 23.2 Å². The van der Waals surface area contributed by atoms with Crippen molar-refractivity contribution in [3.63, 3.8) is 0 Å². The molecule has 0 aliphatic carbocycles. The van der Waals surface area contributed by atoms with E-state index in [1.165, 1.54) is 0 Å². The molecule has 0 amide bonds. The summed E-state index contributed by atoms with van der Waals surface area (Å²) in [4.78, 5) is 8.26. The molecule has 2 aromatic heterocycles. The minimum Gasteiger partial charge on any atom is -0.295 e. The van der Waals surface area contributed by atoms with E-state index in [-0.39, 0.29) is 42.1 Å². The molecule has 21 heavy (non-hydrogen) atoms. The maximum absolute atomic E-state index is 6.41. The predicted molar refractivity (Wildman–Crippen MR) is 79.1 cm³/mol. The molecule has 0 aromatic carbocycles. The maximum Gasteiger partial charge on any atom is 0.0803 e. The van der Waals surface area contributed by atoms with Crippen LogP contribution in [0.25, 0.3) is 0 Å². The summed E-state index contributed by atoms with van der Waals surface area (Å²) in [6.45, 7) is 7.74. The van der Waals surface area contributed by atoms with Crippen molar-refractivity contribution in [3.8, 4) is 0 Å². The van der Waals surface area contributed by atoms with Crippen molar-refractivity contribution in [2.45, 2.75) is 17.2 Å². The van der Waals surface area contributed by atoms with Crippen LogP contribution in [-0.2, 0) is 52.9 Å². The van der Waals surface area contributed by atoms with Crippen molar-refractivity contribution in [3.05, 3.63) is 73.0 Å². The van der Waals surface area contributed by atoms with Gasteiger partial charge in [0.05, 0.1) is 4.33 Å².